The van der Waals surface area contributed by atoms with Crippen LogP contribution in [0.4, 0.5) is 0 Å². The molecule has 3 rings (SSSR count). The zero-order valence-corrected chi connectivity index (χ0v) is 29.8. The molecule has 0 amide bonds. The molecule has 1 N–H and O–H groups in total. The summed E-state index contributed by atoms with van der Waals surface area (Å²) in [6.45, 7) is 17.7. The Morgan fingerprint density at radius 2 is 1.28 bits per heavy atom. The molecule has 0 aromatic heterocycles. The fourth-order valence-electron chi connectivity index (χ4n) is 8.58. The Kier molecular flexibility index (Phi) is 12.7. The van der Waals surface area contributed by atoms with Gasteiger partial charge in [-0.3, -0.25) is 24.0 Å². The van der Waals surface area contributed by atoms with Gasteiger partial charge in [0.25, 0.3) is 0 Å². The lowest BCUT2D eigenvalue weighted by Gasteiger charge is -2.58. The molecule has 11 atom stereocenters. The van der Waals surface area contributed by atoms with Crippen molar-refractivity contribution in [2.24, 2.45) is 34.5 Å². The maximum atomic E-state index is 13.2. The van der Waals surface area contributed by atoms with Gasteiger partial charge in [0.2, 0.25) is 0 Å². The number of aliphatic hydroxyl groups excluding tert-OH is 1. The predicted octanol–water partition coefficient (Wildman–Crippen LogP) is 5.24. The fraction of sp³-hybridized carbons (Fsp3) is 0.806. The van der Waals surface area contributed by atoms with Gasteiger partial charge in [-0.15, -0.1) is 0 Å². The maximum Gasteiger partial charge on any atom is 0.306 e. The normalized spacial score (nSPS) is 36.3. The molecule has 11 nitrogen and oxygen atoms in total. The number of allylic oxidation sites excluding steroid dienone is 1. The van der Waals surface area contributed by atoms with E-state index in [1.165, 1.54) is 13.8 Å². The van der Waals surface area contributed by atoms with Crippen LogP contribution in [-0.4, -0.2) is 71.6 Å². The molecule has 0 spiro atoms. The van der Waals surface area contributed by atoms with E-state index in [9.17, 15) is 29.1 Å². The summed E-state index contributed by atoms with van der Waals surface area (Å²) in [4.78, 5) is 64.8. The second-order valence-electron chi connectivity index (χ2n) is 14.5. The Bertz CT molecular complexity index is 1210. The van der Waals surface area contributed by atoms with Crippen LogP contribution >= 0.6 is 0 Å². The molecule has 11 heteroatoms. The van der Waals surface area contributed by atoms with E-state index in [1.807, 2.05) is 54.5 Å². The molecular weight excluding hydrogens is 608 g/mol. The summed E-state index contributed by atoms with van der Waals surface area (Å²) in [5.41, 5.74) is -1.60. The van der Waals surface area contributed by atoms with Crippen molar-refractivity contribution >= 4 is 29.8 Å². The van der Waals surface area contributed by atoms with Crippen LogP contribution < -0.4 is 0 Å². The number of carbonyl (C=O) groups excluding carboxylic acids is 5. The van der Waals surface area contributed by atoms with E-state index < -0.39 is 95.1 Å². The molecule has 0 heterocycles. The molecule has 0 radical (unpaired) electrons. The smallest absolute Gasteiger partial charge is 0.306 e. The summed E-state index contributed by atoms with van der Waals surface area (Å²) in [5, 5.41) is 11.6. The van der Waals surface area contributed by atoms with Crippen molar-refractivity contribution in [3.63, 3.8) is 0 Å². The lowest BCUT2D eigenvalue weighted by Crippen LogP contribution is -2.63. The van der Waals surface area contributed by atoms with E-state index in [1.54, 1.807) is 6.92 Å². The molecule has 2 fully saturated rings. The average molecular weight is 665 g/mol. The standard InChI is InChI=1S/C36H56O11/c1-11-14-25(39)45-31-28(19(4)5)29-23-17-20(6)30(42)32(44-22(8)38)33(46-26(40)15-12-2)35(23,9)18-24(43-21(7)37)36(29,10)34(31)47-27(41)16-13-3/h17,19,23-24,28-34,42H,11-16,18H2,1-10H3/t23-,24+,28-,29+,30+,31-,32+,33-,34+,35-,36+/m1/s1. The highest BCUT2D eigenvalue weighted by molar-refractivity contribution is 5.72. The molecule has 0 aromatic rings. The van der Waals surface area contributed by atoms with Gasteiger partial charge >= 0.3 is 29.8 Å². The summed E-state index contributed by atoms with van der Waals surface area (Å²) in [5.74, 6) is -4.04. The van der Waals surface area contributed by atoms with E-state index in [2.05, 4.69) is 0 Å². The van der Waals surface area contributed by atoms with Gasteiger partial charge in [-0.25, -0.2) is 0 Å². The summed E-state index contributed by atoms with van der Waals surface area (Å²) < 4.78 is 30.5. The lowest BCUT2D eigenvalue weighted by atomic mass is 9.49. The molecular formula is C36H56O11. The van der Waals surface area contributed by atoms with Crippen molar-refractivity contribution in [1.29, 1.82) is 0 Å². The second-order valence-corrected chi connectivity index (χ2v) is 14.5. The highest BCUT2D eigenvalue weighted by Crippen LogP contribution is 2.67. The average Bonchev–Trinajstić information content (AvgIpc) is 3.16. The van der Waals surface area contributed by atoms with Gasteiger partial charge in [0.1, 0.15) is 30.5 Å². The van der Waals surface area contributed by atoms with Crippen LogP contribution in [-0.2, 0) is 47.7 Å². The first-order valence-electron chi connectivity index (χ1n) is 17.3. The minimum atomic E-state index is -1.30. The van der Waals surface area contributed by atoms with Gasteiger partial charge in [-0.05, 0) is 55.9 Å². The van der Waals surface area contributed by atoms with Gasteiger partial charge in [0, 0.05) is 49.9 Å². The first kappa shape index (κ1) is 38.5. The van der Waals surface area contributed by atoms with Crippen molar-refractivity contribution in [2.75, 3.05) is 0 Å². The zero-order valence-electron chi connectivity index (χ0n) is 29.8. The molecule has 266 valence electrons. The van der Waals surface area contributed by atoms with Crippen LogP contribution in [0.5, 0.6) is 0 Å². The number of rotatable bonds is 12. The van der Waals surface area contributed by atoms with Crippen LogP contribution in [0.25, 0.3) is 0 Å². The second kappa shape index (κ2) is 15.5. The van der Waals surface area contributed by atoms with Crippen molar-refractivity contribution < 1.29 is 52.8 Å². The fourth-order valence-corrected chi connectivity index (χ4v) is 8.58. The number of esters is 5. The van der Waals surface area contributed by atoms with Gasteiger partial charge in [0.15, 0.2) is 6.10 Å². The highest BCUT2D eigenvalue weighted by Gasteiger charge is 2.74. The van der Waals surface area contributed by atoms with Crippen molar-refractivity contribution in [3.05, 3.63) is 11.6 Å². The summed E-state index contributed by atoms with van der Waals surface area (Å²) in [7, 11) is 0. The van der Waals surface area contributed by atoms with E-state index in [4.69, 9.17) is 23.7 Å². The maximum absolute atomic E-state index is 13.2. The van der Waals surface area contributed by atoms with E-state index in [0.29, 0.717) is 24.8 Å². The number of fused-ring (bicyclic) bond motifs is 3. The topological polar surface area (TPSA) is 152 Å². The van der Waals surface area contributed by atoms with Crippen LogP contribution in [0, 0.1) is 34.5 Å². The minimum absolute atomic E-state index is 0.110. The first-order valence-corrected chi connectivity index (χ1v) is 17.3. The highest BCUT2D eigenvalue weighted by atomic mass is 16.6. The largest absolute Gasteiger partial charge is 0.462 e. The third-order valence-electron chi connectivity index (χ3n) is 10.6. The van der Waals surface area contributed by atoms with Crippen molar-refractivity contribution in [2.45, 2.75) is 151 Å². The Balaban J connectivity index is 2.39. The van der Waals surface area contributed by atoms with E-state index >= 15 is 0 Å². The molecule has 0 bridgehead atoms. The van der Waals surface area contributed by atoms with Crippen LogP contribution in [0.2, 0.25) is 0 Å². The first-order chi connectivity index (χ1) is 22.0. The van der Waals surface area contributed by atoms with Crippen molar-refractivity contribution in [3.8, 4) is 0 Å². The Morgan fingerprint density at radius 3 is 1.74 bits per heavy atom. The Labute approximate surface area is 279 Å². The predicted molar refractivity (Wildman–Crippen MR) is 171 cm³/mol. The van der Waals surface area contributed by atoms with E-state index in [-0.39, 0.29) is 31.6 Å². The lowest BCUT2D eigenvalue weighted by molar-refractivity contribution is -0.225. The molecule has 47 heavy (non-hydrogen) atoms. The molecule has 3 aliphatic rings. The Morgan fingerprint density at radius 1 is 0.787 bits per heavy atom. The van der Waals surface area contributed by atoms with Crippen LogP contribution in [0.1, 0.15) is 114 Å². The van der Waals surface area contributed by atoms with Crippen LogP contribution in [0.15, 0.2) is 11.6 Å². The number of hydrogen-bond donors (Lipinski definition) is 1. The third kappa shape index (κ3) is 7.70. The SMILES string of the molecule is CCCC(=O)O[C@@H]1[C@H](C(C)C)[C@@H]2[C@H]3C=C(C)[C@H](O)[C@H](OC(C)=O)[C@@H](OC(=O)CCC)[C@]3(C)C[C@H](OC(C)=O)[C@]2(C)[C@H]1OC(=O)CCC. The molecule has 0 unspecified atom stereocenters. The number of ether oxygens (including phenoxy) is 5. The number of hydrogen-bond acceptors (Lipinski definition) is 11. The summed E-state index contributed by atoms with van der Waals surface area (Å²) in [6.07, 6.45) is -2.23. The van der Waals surface area contributed by atoms with Gasteiger partial charge < -0.3 is 28.8 Å². The minimum Gasteiger partial charge on any atom is -0.462 e. The molecule has 3 aliphatic carbocycles. The Hall–Kier alpha value is -2.95. The van der Waals surface area contributed by atoms with Crippen LogP contribution in [0.3, 0.4) is 0 Å². The molecule has 0 aromatic carbocycles. The summed E-state index contributed by atoms with van der Waals surface area (Å²) >= 11 is 0. The quantitative estimate of drug-likeness (QED) is 0.166. The summed E-state index contributed by atoms with van der Waals surface area (Å²) in [6, 6.07) is 0. The molecule has 0 aliphatic heterocycles. The number of aliphatic hydroxyl groups is 1. The molecule has 2 saturated carbocycles. The van der Waals surface area contributed by atoms with Gasteiger partial charge in [-0.2, -0.15) is 0 Å². The zero-order chi connectivity index (χ0) is 35.4. The molecule has 0 saturated heterocycles. The monoisotopic (exact) mass is 664 g/mol. The third-order valence-corrected chi connectivity index (χ3v) is 10.6. The van der Waals surface area contributed by atoms with Gasteiger partial charge in [-0.1, -0.05) is 54.5 Å². The van der Waals surface area contributed by atoms with Crippen molar-refractivity contribution in [1.82, 2.24) is 0 Å². The van der Waals surface area contributed by atoms with E-state index in [0.717, 1.165) is 0 Å². The number of carbonyl (C=O) groups is 5. The van der Waals surface area contributed by atoms with Gasteiger partial charge in [0.05, 0.1) is 0 Å².